The first-order valence-electron chi connectivity index (χ1n) is 7.88. The highest BCUT2D eigenvalue weighted by Gasteiger charge is 2.60. The van der Waals surface area contributed by atoms with Gasteiger partial charge in [0.05, 0.1) is 0 Å². The first kappa shape index (κ1) is 14.8. The van der Waals surface area contributed by atoms with Gasteiger partial charge in [-0.1, -0.05) is 13.8 Å². The Morgan fingerprint density at radius 2 is 1.90 bits per heavy atom. The molecule has 0 saturated heterocycles. The van der Waals surface area contributed by atoms with Gasteiger partial charge in [0.1, 0.15) is 0 Å². The summed E-state index contributed by atoms with van der Waals surface area (Å²) in [6.45, 7) is 7.90. The predicted molar refractivity (Wildman–Crippen MR) is 89.8 cm³/mol. The van der Waals surface area contributed by atoms with Crippen molar-refractivity contribution in [1.82, 2.24) is 15.6 Å². The van der Waals surface area contributed by atoms with Gasteiger partial charge in [-0.15, -0.1) is 0 Å². The lowest BCUT2D eigenvalue weighted by molar-refractivity contribution is 0.0833. The third-order valence-corrected chi connectivity index (χ3v) is 6.43. The number of thiocarbonyl (C=S) groups is 1. The number of pyridine rings is 1. The zero-order valence-electron chi connectivity index (χ0n) is 13.1. The van der Waals surface area contributed by atoms with Crippen LogP contribution in [0.25, 0.3) is 0 Å². The minimum atomic E-state index is 0.109. The Bertz CT molecular complexity index is 528. The second-order valence-corrected chi connectivity index (χ2v) is 7.70. The minimum Gasteiger partial charge on any atom is -0.359 e. The van der Waals surface area contributed by atoms with Gasteiger partial charge in [0, 0.05) is 24.5 Å². The smallest absolute Gasteiger partial charge is 0.167 e. The fourth-order valence-corrected chi connectivity index (χ4v) is 4.62. The maximum Gasteiger partial charge on any atom is 0.167 e. The molecule has 2 N–H and O–H groups in total. The third kappa shape index (κ3) is 2.44. The van der Waals surface area contributed by atoms with Gasteiger partial charge in [-0.25, -0.2) is 0 Å². The number of nitrogens with one attached hydrogen (secondary N) is 2. The van der Waals surface area contributed by atoms with Crippen LogP contribution in [0.1, 0.15) is 45.6 Å². The van der Waals surface area contributed by atoms with E-state index in [9.17, 15) is 0 Å². The lowest BCUT2D eigenvalue weighted by Crippen LogP contribution is -2.61. The van der Waals surface area contributed by atoms with Crippen molar-refractivity contribution in [2.45, 2.75) is 52.1 Å². The standard InChI is InChI=1S/C17H25N3S/c1-16(2)13-4-5-14(10-13)17(16,3)20-15(21)19-11-12-6-8-18-9-7-12/h6-9,13-14H,4-5,10-11H2,1-3H3,(H2,19,20,21). The van der Waals surface area contributed by atoms with Gasteiger partial charge in [0.25, 0.3) is 0 Å². The van der Waals surface area contributed by atoms with E-state index in [4.69, 9.17) is 12.2 Å². The highest BCUT2D eigenvalue weighted by Crippen LogP contribution is 2.61. The lowest BCUT2D eigenvalue weighted by Gasteiger charge is -2.48. The van der Waals surface area contributed by atoms with Crippen molar-refractivity contribution in [2.24, 2.45) is 17.3 Å². The summed E-state index contributed by atoms with van der Waals surface area (Å²) in [4.78, 5) is 4.04. The lowest BCUT2D eigenvalue weighted by atomic mass is 9.64. The van der Waals surface area contributed by atoms with Crippen LogP contribution in [-0.2, 0) is 6.54 Å². The normalized spacial score (nSPS) is 32.9. The first-order chi connectivity index (χ1) is 9.93. The maximum atomic E-state index is 5.54. The van der Waals surface area contributed by atoms with Crippen molar-refractivity contribution in [1.29, 1.82) is 0 Å². The molecule has 0 aliphatic heterocycles. The van der Waals surface area contributed by atoms with E-state index in [1.807, 2.05) is 24.5 Å². The number of fused-ring (bicyclic) bond motifs is 2. The summed E-state index contributed by atoms with van der Waals surface area (Å²) in [5.41, 5.74) is 1.61. The average molecular weight is 303 g/mol. The highest BCUT2D eigenvalue weighted by molar-refractivity contribution is 7.80. The summed E-state index contributed by atoms with van der Waals surface area (Å²) in [6.07, 6.45) is 7.70. The molecule has 3 unspecified atom stereocenters. The summed E-state index contributed by atoms with van der Waals surface area (Å²) in [5, 5.41) is 7.77. The molecule has 2 aliphatic carbocycles. The molecule has 0 aromatic carbocycles. The Kier molecular flexibility index (Phi) is 3.68. The van der Waals surface area contributed by atoms with E-state index in [-0.39, 0.29) is 5.54 Å². The molecule has 2 saturated carbocycles. The molecule has 2 aliphatic rings. The van der Waals surface area contributed by atoms with Gasteiger partial charge in [0.15, 0.2) is 5.11 Å². The number of aromatic nitrogens is 1. The summed E-state index contributed by atoms with van der Waals surface area (Å²) in [6, 6.07) is 4.03. The largest absolute Gasteiger partial charge is 0.359 e. The van der Waals surface area contributed by atoms with Crippen LogP contribution in [0.4, 0.5) is 0 Å². The number of nitrogens with zero attached hydrogens (tertiary/aromatic N) is 1. The van der Waals surface area contributed by atoms with Crippen molar-refractivity contribution in [3.05, 3.63) is 30.1 Å². The monoisotopic (exact) mass is 303 g/mol. The summed E-state index contributed by atoms with van der Waals surface area (Å²) < 4.78 is 0. The molecular formula is C17H25N3S. The van der Waals surface area contributed by atoms with Crippen LogP contribution >= 0.6 is 12.2 Å². The van der Waals surface area contributed by atoms with Crippen LogP contribution in [0.5, 0.6) is 0 Å². The van der Waals surface area contributed by atoms with Gasteiger partial charge >= 0.3 is 0 Å². The molecule has 3 rings (SSSR count). The molecule has 1 heterocycles. The average Bonchev–Trinajstić information content (AvgIpc) is 3.01. The van der Waals surface area contributed by atoms with E-state index < -0.39 is 0 Å². The SMILES string of the molecule is CC1(C)C2CCC(C2)C1(C)NC(=S)NCc1ccncc1. The summed E-state index contributed by atoms with van der Waals surface area (Å²) in [5.74, 6) is 1.58. The molecule has 1 aromatic rings. The molecule has 21 heavy (non-hydrogen) atoms. The van der Waals surface area contributed by atoms with E-state index in [0.717, 1.165) is 23.5 Å². The van der Waals surface area contributed by atoms with Crippen LogP contribution in [0.15, 0.2) is 24.5 Å². The van der Waals surface area contributed by atoms with Crippen molar-refractivity contribution in [3.63, 3.8) is 0 Å². The van der Waals surface area contributed by atoms with Crippen molar-refractivity contribution < 1.29 is 0 Å². The molecule has 0 amide bonds. The molecule has 0 spiro atoms. The minimum absolute atomic E-state index is 0.109. The quantitative estimate of drug-likeness (QED) is 0.841. The molecular weight excluding hydrogens is 278 g/mol. The van der Waals surface area contributed by atoms with E-state index in [1.165, 1.54) is 24.8 Å². The molecule has 0 radical (unpaired) electrons. The Morgan fingerprint density at radius 1 is 1.24 bits per heavy atom. The van der Waals surface area contributed by atoms with Crippen molar-refractivity contribution in [3.8, 4) is 0 Å². The fourth-order valence-electron chi connectivity index (χ4n) is 4.34. The molecule has 2 fully saturated rings. The van der Waals surface area contributed by atoms with Crippen molar-refractivity contribution in [2.75, 3.05) is 0 Å². The molecule has 1 aromatic heterocycles. The molecule has 114 valence electrons. The van der Waals surface area contributed by atoms with Crippen LogP contribution in [0, 0.1) is 17.3 Å². The van der Waals surface area contributed by atoms with E-state index in [1.54, 1.807) is 0 Å². The number of hydrogen-bond donors (Lipinski definition) is 2. The van der Waals surface area contributed by atoms with E-state index in [0.29, 0.717) is 5.41 Å². The third-order valence-electron chi connectivity index (χ3n) is 6.18. The summed E-state index contributed by atoms with van der Waals surface area (Å²) in [7, 11) is 0. The van der Waals surface area contributed by atoms with Crippen molar-refractivity contribution >= 4 is 17.3 Å². The van der Waals surface area contributed by atoms with Gasteiger partial charge in [-0.3, -0.25) is 4.98 Å². The Hall–Kier alpha value is -1.16. The molecule has 4 heteroatoms. The van der Waals surface area contributed by atoms with Crippen LogP contribution in [0.3, 0.4) is 0 Å². The maximum absolute atomic E-state index is 5.54. The highest BCUT2D eigenvalue weighted by atomic mass is 32.1. The first-order valence-corrected chi connectivity index (χ1v) is 8.29. The Balaban J connectivity index is 1.62. The van der Waals surface area contributed by atoms with Gasteiger partial charge < -0.3 is 10.6 Å². The summed E-state index contributed by atoms with van der Waals surface area (Å²) >= 11 is 5.54. The number of rotatable bonds is 3. The zero-order valence-corrected chi connectivity index (χ0v) is 14.0. The molecule has 3 nitrogen and oxygen atoms in total. The zero-order chi connectivity index (χ0) is 15.1. The van der Waals surface area contributed by atoms with E-state index >= 15 is 0 Å². The van der Waals surface area contributed by atoms with Crippen LogP contribution in [-0.4, -0.2) is 15.6 Å². The fraction of sp³-hybridized carbons (Fsp3) is 0.647. The molecule has 2 bridgehead atoms. The van der Waals surface area contributed by atoms with Crippen LogP contribution < -0.4 is 10.6 Å². The van der Waals surface area contributed by atoms with Gasteiger partial charge in [0.2, 0.25) is 0 Å². The van der Waals surface area contributed by atoms with E-state index in [2.05, 4.69) is 36.4 Å². The Morgan fingerprint density at radius 3 is 2.52 bits per heavy atom. The second kappa shape index (κ2) is 5.24. The van der Waals surface area contributed by atoms with Crippen LogP contribution in [0.2, 0.25) is 0 Å². The number of hydrogen-bond acceptors (Lipinski definition) is 2. The van der Waals surface area contributed by atoms with Gasteiger partial charge in [-0.2, -0.15) is 0 Å². The topological polar surface area (TPSA) is 37.0 Å². The van der Waals surface area contributed by atoms with Gasteiger partial charge in [-0.05, 0) is 73.4 Å². The molecule has 3 atom stereocenters. The Labute approximate surface area is 132 Å². The predicted octanol–water partition coefficient (Wildman–Crippen LogP) is 3.26. The second-order valence-electron chi connectivity index (χ2n) is 7.29.